The predicted octanol–water partition coefficient (Wildman–Crippen LogP) is 4.14. The van der Waals surface area contributed by atoms with Crippen LogP contribution in [-0.2, 0) is 0 Å². The Balaban J connectivity index is 2.32. The average molecular weight is 234 g/mol. The standard InChI is InChI=1S/C15H22O2/c1-3-7-12(4-2)13-8-5-9-14-15(13)17-11-6-10-16-14/h5,8-9,12H,3-4,6-7,10-11H2,1-2H3. The Morgan fingerprint density at radius 2 is 2.00 bits per heavy atom. The number of rotatable bonds is 4. The summed E-state index contributed by atoms with van der Waals surface area (Å²) in [5, 5.41) is 0. The van der Waals surface area contributed by atoms with Crippen molar-refractivity contribution in [3.8, 4) is 11.5 Å². The first-order chi connectivity index (χ1) is 8.36. The molecule has 1 aliphatic rings. The lowest BCUT2D eigenvalue weighted by Gasteiger charge is -2.19. The molecule has 1 atom stereocenters. The Bertz CT molecular complexity index is 360. The van der Waals surface area contributed by atoms with Crippen LogP contribution in [-0.4, -0.2) is 13.2 Å². The molecule has 94 valence electrons. The molecule has 0 saturated carbocycles. The SMILES string of the molecule is CCCC(CC)c1cccc2c1OCCCO2. The Morgan fingerprint density at radius 3 is 2.76 bits per heavy atom. The second kappa shape index (κ2) is 5.95. The molecule has 0 fully saturated rings. The van der Waals surface area contributed by atoms with Crippen LogP contribution in [0.15, 0.2) is 18.2 Å². The number of fused-ring (bicyclic) bond motifs is 1. The second-order valence-electron chi connectivity index (χ2n) is 4.62. The number of hydrogen-bond donors (Lipinski definition) is 0. The zero-order valence-corrected chi connectivity index (χ0v) is 10.9. The Labute approximate surface area is 104 Å². The highest BCUT2D eigenvalue weighted by Crippen LogP contribution is 2.39. The average Bonchev–Trinajstić information content (AvgIpc) is 2.60. The van der Waals surface area contributed by atoms with Gasteiger partial charge in [0.05, 0.1) is 13.2 Å². The molecule has 2 nitrogen and oxygen atoms in total. The molecule has 1 aromatic rings. The van der Waals surface area contributed by atoms with Crippen LogP contribution in [0.3, 0.4) is 0 Å². The Morgan fingerprint density at radius 1 is 1.18 bits per heavy atom. The van der Waals surface area contributed by atoms with Crippen molar-refractivity contribution >= 4 is 0 Å². The minimum atomic E-state index is 0.594. The molecule has 0 saturated heterocycles. The van der Waals surface area contributed by atoms with Crippen molar-refractivity contribution in [2.45, 2.75) is 45.4 Å². The number of para-hydroxylation sites is 1. The molecule has 1 aliphatic heterocycles. The summed E-state index contributed by atoms with van der Waals surface area (Å²) in [4.78, 5) is 0. The number of hydrogen-bond acceptors (Lipinski definition) is 2. The van der Waals surface area contributed by atoms with E-state index in [1.165, 1.54) is 18.4 Å². The lowest BCUT2D eigenvalue weighted by atomic mass is 9.91. The van der Waals surface area contributed by atoms with Crippen molar-refractivity contribution in [3.63, 3.8) is 0 Å². The van der Waals surface area contributed by atoms with Crippen molar-refractivity contribution in [2.75, 3.05) is 13.2 Å². The number of benzene rings is 1. The van der Waals surface area contributed by atoms with Gasteiger partial charge in [-0.3, -0.25) is 0 Å². The highest BCUT2D eigenvalue weighted by molar-refractivity contribution is 5.48. The third-order valence-electron chi connectivity index (χ3n) is 3.37. The Hall–Kier alpha value is -1.18. The van der Waals surface area contributed by atoms with Crippen LogP contribution in [0.5, 0.6) is 11.5 Å². The van der Waals surface area contributed by atoms with Gasteiger partial charge in [0.1, 0.15) is 0 Å². The first-order valence-electron chi connectivity index (χ1n) is 6.75. The van der Waals surface area contributed by atoms with E-state index in [1.54, 1.807) is 0 Å². The van der Waals surface area contributed by atoms with Gasteiger partial charge in [-0.2, -0.15) is 0 Å². The largest absolute Gasteiger partial charge is 0.490 e. The van der Waals surface area contributed by atoms with Gasteiger partial charge in [-0.15, -0.1) is 0 Å². The van der Waals surface area contributed by atoms with Crippen molar-refractivity contribution in [1.82, 2.24) is 0 Å². The molecule has 17 heavy (non-hydrogen) atoms. The van der Waals surface area contributed by atoms with Crippen LogP contribution in [0.4, 0.5) is 0 Å². The molecule has 1 aromatic carbocycles. The summed E-state index contributed by atoms with van der Waals surface area (Å²) < 4.78 is 11.6. The minimum Gasteiger partial charge on any atom is -0.490 e. The normalized spacial score (nSPS) is 16.4. The third-order valence-corrected chi connectivity index (χ3v) is 3.37. The van der Waals surface area contributed by atoms with Gasteiger partial charge in [0.2, 0.25) is 0 Å². The molecule has 1 heterocycles. The molecule has 1 unspecified atom stereocenters. The van der Waals surface area contributed by atoms with Crippen LogP contribution in [0, 0.1) is 0 Å². The molecular weight excluding hydrogens is 212 g/mol. The molecule has 0 aromatic heterocycles. The fraction of sp³-hybridized carbons (Fsp3) is 0.600. The highest BCUT2D eigenvalue weighted by Gasteiger charge is 2.19. The van der Waals surface area contributed by atoms with Gasteiger partial charge in [0, 0.05) is 12.0 Å². The van der Waals surface area contributed by atoms with E-state index in [0.29, 0.717) is 5.92 Å². The van der Waals surface area contributed by atoms with E-state index in [0.717, 1.165) is 37.6 Å². The van der Waals surface area contributed by atoms with Crippen LogP contribution in [0.1, 0.15) is 51.0 Å². The molecule has 0 radical (unpaired) electrons. The maximum absolute atomic E-state index is 5.88. The van der Waals surface area contributed by atoms with Gasteiger partial charge in [-0.05, 0) is 24.8 Å². The van der Waals surface area contributed by atoms with Gasteiger partial charge < -0.3 is 9.47 Å². The van der Waals surface area contributed by atoms with E-state index in [1.807, 2.05) is 6.07 Å². The van der Waals surface area contributed by atoms with E-state index in [4.69, 9.17) is 9.47 Å². The maximum atomic E-state index is 5.88. The quantitative estimate of drug-likeness (QED) is 0.779. The van der Waals surface area contributed by atoms with Crippen molar-refractivity contribution in [2.24, 2.45) is 0 Å². The molecule has 0 spiro atoms. The maximum Gasteiger partial charge on any atom is 0.164 e. The van der Waals surface area contributed by atoms with E-state index >= 15 is 0 Å². The van der Waals surface area contributed by atoms with Gasteiger partial charge in [0.25, 0.3) is 0 Å². The van der Waals surface area contributed by atoms with Gasteiger partial charge in [-0.1, -0.05) is 32.4 Å². The van der Waals surface area contributed by atoms with Gasteiger partial charge >= 0.3 is 0 Å². The lowest BCUT2D eigenvalue weighted by molar-refractivity contribution is 0.295. The zero-order valence-electron chi connectivity index (χ0n) is 10.9. The van der Waals surface area contributed by atoms with Crippen molar-refractivity contribution < 1.29 is 9.47 Å². The molecule has 0 amide bonds. The molecule has 0 N–H and O–H groups in total. The molecule has 0 bridgehead atoms. The van der Waals surface area contributed by atoms with Crippen molar-refractivity contribution in [3.05, 3.63) is 23.8 Å². The van der Waals surface area contributed by atoms with E-state index < -0.39 is 0 Å². The summed E-state index contributed by atoms with van der Waals surface area (Å²) in [5.74, 6) is 2.51. The Kier molecular flexibility index (Phi) is 4.29. The molecule has 2 rings (SSSR count). The minimum absolute atomic E-state index is 0.594. The monoisotopic (exact) mass is 234 g/mol. The zero-order chi connectivity index (χ0) is 12.1. The van der Waals surface area contributed by atoms with E-state index in [-0.39, 0.29) is 0 Å². The summed E-state index contributed by atoms with van der Waals surface area (Å²) in [6.45, 7) is 6.02. The number of ether oxygens (including phenoxy) is 2. The van der Waals surface area contributed by atoms with Gasteiger partial charge in [-0.25, -0.2) is 0 Å². The first-order valence-corrected chi connectivity index (χ1v) is 6.75. The topological polar surface area (TPSA) is 18.5 Å². The molecular formula is C15H22O2. The van der Waals surface area contributed by atoms with Crippen LogP contribution in [0.2, 0.25) is 0 Å². The van der Waals surface area contributed by atoms with Crippen LogP contribution < -0.4 is 9.47 Å². The lowest BCUT2D eigenvalue weighted by Crippen LogP contribution is -2.03. The molecule has 0 aliphatic carbocycles. The smallest absolute Gasteiger partial charge is 0.164 e. The highest BCUT2D eigenvalue weighted by atomic mass is 16.5. The van der Waals surface area contributed by atoms with Crippen LogP contribution >= 0.6 is 0 Å². The van der Waals surface area contributed by atoms with Crippen LogP contribution in [0.25, 0.3) is 0 Å². The summed E-state index contributed by atoms with van der Waals surface area (Å²) in [5.41, 5.74) is 1.33. The third kappa shape index (κ3) is 2.74. The summed E-state index contributed by atoms with van der Waals surface area (Å²) in [7, 11) is 0. The first kappa shape index (κ1) is 12.3. The second-order valence-corrected chi connectivity index (χ2v) is 4.62. The van der Waals surface area contributed by atoms with E-state index in [2.05, 4.69) is 26.0 Å². The summed E-state index contributed by atoms with van der Waals surface area (Å²) in [6.07, 6.45) is 4.56. The molecule has 2 heteroatoms. The summed E-state index contributed by atoms with van der Waals surface area (Å²) >= 11 is 0. The van der Waals surface area contributed by atoms with Gasteiger partial charge in [0.15, 0.2) is 11.5 Å². The summed E-state index contributed by atoms with van der Waals surface area (Å²) in [6, 6.07) is 6.29. The predicted molar refractivity (Wildman–Crippen MR) is 70.0 cm³/mol. The van der Waals surface area contributed by atoms with E-state index in [9.17, 15) is 0 Å². The fourth-order valence-corrected chi connectivity index (χ4v) is 2.47. The van der Waals surface area contributed by atoms with Crippen molar-refractivity contribution in [1.29, 1.82) is 0 Å². The fourth-order valence-electron chi connectivity index (χ4n) is 2.47.